The molecule has 3 N–H and O–H groups in total. The SMILES string of the molecule is COc1cc(Br)ccc1C(NN)c1ccc(C)s1. The largest absolute Gasteiger partial charge is 0.496 e. The first-order valence-corrected chi connectivity index (χ1v) is 7.12. The van der Waals surface area contributed by atoms with Crippen molar-refractivity contribution in [1.29, 1.82) is 0 Å². The van der Waals surface area contributed by atoms with Crippen molar-refractivity contribution in [3.63, 3.8) is 0 Å². The molecule has 0 amide bonds. The fraction of sp³-hybridized carbons (Fsp3) is 0.231. The molecule has 1 heterocycles. The standard InChI is InChI=1S/C13H15BrN2OS/c1-8-3-6-12(18-8)13(16-15)10-5-4-9(14)7-11(10)17-2/h3-7,13,16H,15H2,1-2H3. The van der Waals surface area contributed by atoms with Gasteiger partial charge in [-0.1, -0.05) is 22.0 Å². The highest BCUT2D eigenvalue weighted by Crippen LogP contribution is 2.34. The number of hydrazine groups is 1. The van der Waals surface area contributed by atoms with Gasteiger partial charge in [0.25, 0.3) is 0 Å². The van der Waals surface area contributed by atoms with Gasteiger partial charge in [0.1, 0.15) is 5.75 Å². The van der Waals surface area contributed by atoms with E-state index in [4.69, 9.17) is 10.6 Å². The Morgan fingerprint density at radius 2 is 2.11 bits per heavy atom. The Morgan fingerprint density at radius 1 is 1.33 bits per heavy atom. The Kier molecular flexibility index (Phi) is 4.40. The Hall–Kier alpha value is -0.880. The summed E-state index contributed by atoms with van der Waals surface area (Å²) in [4.78, 5) is 2.44. The second-order valence-electron chi connectivity index (χ2n) is 3.93. The molecule has 5 heteroatoms. The van der Waals surface area contributed by atoms with Crippen LogP contribution < -0.4 is 16.0 Å². The summed E-state index contributed by atoms with van der Waals surface area (Å²) in [6.07, 6.45) is 0. The van der Waals surface area contributed by atoms with E-state index in [1.165, 1.54) is 9.75 Å². The third-order valence-electron chi connectivity index (χ3n) is 2.72. The van der Waals surface area contributed by atoms with Crippen molar-refractivity contribution in [2.24, 2.45) is 5.84 Å². The number of methoxy groups -OCH3 is 1. The maximum Gasteiger partial charge on any atom is 0.125 e. The molecule has 96 valence electrons. The van der Waals surface area contributed by atoms with Gasteiger partial charge in [-0.3, -0.25) is 5.84 Å². The van der Waals surface area contributed by atoms with E-state index in [0.717, 1.165) is 15.8 Å². The van der Waals surface area contributed by atoms with Gasteiger partial charge in [0.2, 0.25) is 0 Å². The van der Waals surface area contributed by atoms with Crippen molar-refractivity contribution in [2.45, 2.75) is 13.0 Å². The van der Waals surface area contributed by atoms with Crippen molar-refractivity contribution in [1.82, 2.24) is 5.43 Å². The van der Waals surface area contributed by atoms with Crippen molar-refractivity contribution >= 4 is 27.3 Å². The molecule has 0 radical (unpaired) electrons. The van der Waals surface area contributed by atoms with Crippen LogP contribution in [-0.2, 0) is 0 Å². The van der Waals surface area contributed by atoms with Crippen LogP contribution in [0.3, 0.4) is 0 Å². The first kappa shape index (κ1) is 13.5. The molecular weight excluding hydrogens is 312 g/mol. The molecule has 0 saturated carbocycles. The van der Waals surface area contributed by atoms with Crippen LogP contribution in [0.2, 0.25) is 0 Å². The van der Waals surface area contributed by atoms with E-state index in [-0.39, 0.29) is 6.04 Å². The fourth-order valence-electron chi connectivity index (χ4n) is 1.86. The van der Waals surface area contributed by atoms with E-state index in [1.54, 1.807) is 18.4 Å². The molecule has 0 aliphatic rings. The molecule has 0 aliphatic carbocycles. The average molecular weight is 327 g/mol. The summed E-state index contributed by atoms with van der Waals surface area (Å²) >= 11 is 5.17. The average Bonchev–Trinajstić information content (AvgIpc) is 2.78. The molecule has 1 aromatic carbocycles. The van der Waals surface area contributed by atoms with Crippen LogP contribution in [0.5, 0.6) is 5.75 Å². The van der Waals surface area contributed by atoms with Gasteiger partial charge in [0.05, 0.1) is 13.2 Å². The monoisotopic (exact) mass is 326 g/mol. The first-order chi connectivity index (χ1) is 8.65. The van der Waals surface area contributed by atoms with Gasteiger partial charge in [-0.15, -0.1) is 11.3 Å². The second-order valence-corrected chi connectivity index (χ2v) is 6.17. The summed E-state index contributed by atoms with van der Waals surface area (Å²) in [5, 5.41) is 0. The van der Waals surface area contributed by atoms with Gasteiger partial charge < -0.3 is 4.74 Å². The van der Waals surface area contributed by atoms with Crippen LogP contribution in [-0.4, -0.2) is 7.11 Å². The molecule has 1 atom stereocenters. The van der Waals surface area contributed by atoms with Crippen molar-refractivity contribution in [3.8, 4) is 5.75 Å². The van der Waals surface area contributed by atoms with Crippen LogP contribution in [0.15, 0.2) is 34.8 Å². The van der Waals surface area contributed by atoms with E-state index in [0.29, 0.717) is 0 Å². The Bertz CT molecular complexity index is 542. The van der Waals surface area contributed by atoms with Gasteiger partial charge in [-0.2, -0.15) is 0 Å². The summed E-state index contributed by atoms with van der Waals surface area (Å²) < 4.78 is 6.40. The van der Waals surface area contributed by atoms with E-state index in [9.17, 15) is 0 Å². The van der Waals surface area contributed by atoms with Crippen LogP contribution in [0.25, 0.3) is 0 Å². The summed E-state index contributed by atoms with van der Waals surface area (Å²) in [6, 6.07) is 10.1. The van der Waals surface area contributed by atoms with Gasteiger partial charge >= 0.3 is 0 Å². The zero-order valence-electron chi connectivity index (χ0n) is 10.2. The van der Waals surface area contributed by atoms with Crippen LogP contribution in [0, 0.1) is 6.92 Å². The smallest absolute Gasteiger partial charge is 0.125 e. The van der Waals surface area contributed by atoms with Crippen LogP contribution >= 0.6 is 27.3 Å². The maximum absolute atomic E-state index is 5.70. The summed E-state index contributed by atoms with van der Waals surface area (Å²) in [6.45, 7) is 2.08. The molecule has 2 rings (SSSR count). The van der Waals surface area contributed by atoms with E-state index in [1.807, 2.05) is 18.2 Å². The minimum absolute atomic E-state index is 0.0493. The summed E-state index contributed by atoms with van der Waals surface area (Å²) in [7, 11) is 1.67. The predicted octanol–water partition coefficient (Wildman–Crippen LogP) is 3.38. The maximum atomic E-state index is 5.70. The third kappa shape index (κ3) is 2.75. The number of benzene rings is 1. The zero-order chi connectivity index (χ0) is 13.1. The van der Waals surface area contributed by atoms with Crippen molar-refractivity contribution in [3.05, 3.63) is 50.1 Å². The topological polar surface area (TPSA) is 47.3 Å². The molecule has 0 spiro atoms. The van der Waals surface area contributed by atoms with E-state index < -0.39 is 0 Å². The number of ether oxygens (including phenoxy) is 1. The number of hydrogen-bond acceptors (Lipinski definition) is 4. The first-order valence-electron chi connectivity index (χ1n) is 5.51. The minimum Gasteiger partial charge on any atom is -0.496 e. The fourth-order valence-corrected chi connectivity index (χ4v) is 3.15. The number of halogens is 1. The number of hydrogen-bond donors (Lipinski definition) is 2. The Morgan fingerprint density at radius 3 is 2.67 bits per heavy atom. The van der Waals surface area contributed by atoms with Gasteiger partial charge in [-0.05, 0) is 31.2 Å². The lowest BCUT2D eigenvalue weighted by molar-refractivity contribution is 0.404. The number of nitrogens with two attached hydrogens (primary N) is 1. The molecule has 18 heavy (non-hydrogen) atoms. The third-order valence-corrected chi connectivity index (χ3v) is 4.28. The molecule has 0 bridgehead atoms. The van der Waals surface area contributed by atoms with Crippen molar-refractivity contribution < 1.29 is 4.74 Å². The molecule has 0 saturated heterocycles. The molecule has 3 nitrogen and oxygen atoms in total. The molecule has 1 unspecified atom stereocenters. The lowest BCUT2D eigenvalue weighted by Gasteiger charge is -2.18. The second kappa shape index (κ2) is 5.84. The van der Waals surface area contributed by atoms with Crippen molar-refractivity contribution in [2.75, 3.05) is 7.11 Å². The van der Waals surface area contributed by atoms with Gasteiger partial charge in [0, 0.05) is 19.8 Å². The lowest BCUT2D eigenvalue weighted by Crippen LogP contribution is -2.28. The number of thiophene rings is 1. The summed E-state index contributed by atoms with van der Waals surface area (Å²) in [5.74, 6) is 6.52. The normalized spacial score (nSPS) is 12.4. The van der Waals surface area contributed by atoms with Gasteiger partial charge in [-0.25, -0.2) is 5.43 Å². The number of nitrogens with one attached hydrogen (secondary N) is 1. The quantitative estimate of drug-likeness (QED) is 0.668. The predicted molar refractivity (Wildman–Crippen MR) is 78.9 cm³/mol. The Labute approximate surface area is 119 Å². The Balaban J connectivity index is 2.44. The molecule has 0 aliphatic heterocycles. The highest BCUT2D eigenvalue weighted by atomic mass is 79.9. The number of rotatable bonds is 4. The summed E-state index contributed by atoms with van der Waals surface area (Å²) in [5.41, 5.74) is 3.89. The van der Waals surface area contributed by atoms with E-state index >= 15 is 0 Å². The molecular formula is C13H15BrN2OS. The minimum atomic E-state index is -0.0493. The van der Waals surface area contributed by atoms with E-state index in [2.05, 4.69) is 40.4 Å². The molecule has 2 aromatic rings. The highest BCUT2D eigenvalue weighted by molar-refractivity contribution is 9.10. The van der Waals surface area contributed by atoms with Crippen LogP contribution in [0.4, 0.5) is 0 Å². The zero-order valence-corrected chi connectivity index (χ0v) is 12.6. The number of aryl methyl sites for hydroxylation is 1. The molecule has 0 fully saturated rings. The molecule has 1 aromatic heterocycles. The lowest BCUT2D eigenvalue weighted by atomic mass is 10.0. The van der Waals surface area contributed by atoms with Crippen LogP contribution in [0.1, 0.15) is 21.4 Å². The highest BCUT2D eigenvalue weighted by Gasteiger charge is 2.18. The van der Waals surface area contributed by atoms with Gasteiger partial charge in [0.15, 0.2) is 0 Å².